The summed E-state index contributed by atoms with van der Waals surface area (Å²) in [5.74, 6) is 1.65. The molecule has 7 heteroatoms. The number of methoxy groups -OCH3 is 1. The summed E-state index contributed by atoms with van der Waals surface area (Å²) in [5.41, 5.74) is 1.07. The molecule has 4 rings (SSSR count). The summed E-state index contributed by atoms with van der Waals surface area (Å²) in [6.45, 7) is 4.42. The van der Waals surface area contributed by atoms with Crippen LogP contribution in [0.4, 0.5) is 0 Å². The number of fused-ring (bicyclic) bond motifs is 1. The van der Waals surface area contributed by atoms with Crippen LogP contribution in [0.5, 0.6) is 11.5 Å². The van der Waals surface area contributed by atoms with Gasteiger partial charge in [0.25, 0.3) is 11.5 Å². The molecular formula is C29H31N3O4. The zero-order valence-electron chi connectivity index (χ0n) is 20.9. The summed E-state index contributed by atoms with van der Waals surface area (Å²) < 4.78 is 12.6. The molecule has 0 saturated heterocycles. The van der Waals surface area contributed by atoms with Gasteiger partial charge in [-0.1, -0.05) is 43.7 Å². The lowest BCUT2D eigenvalue weighted by atomic mass is 10.1. The maximum Gasteiger partial charge on any atom is 0.266 e. The van der Waals surface area contributed by atoms with Crippen LogP contribution >= 0.6 is 0 Å². The molecule has 1 unspecified atom stereocenters. The number of benzene rings is 3. The second kappa shape index (κ2) is 11.5. The number of carbonyl (C=O) groups excluding carboxylic acids is 1. The highest BCUT2D eigenvalue weighted by atomic mass is 16.5. The Hall–Kier alpha value is -4.13. The molecule has 1 aromatic heterocycles. The molecule has 0 fully saturated rings. The minimum absolute atomic E-state index is 0.0988. The third kappa shape index (κ3) is 5.40. The Morgan fingerprint density at radius 1 is 0.972 bits per heavy atom. The van der Waals surface area contributed by atoms with Crippen LogP contribution in [0.2, 0.25) is 0 Å². The van der Waals surface area contributed by atoms with Crippen LogP contribution in [0.25, 0.3) is 16.6 Å². The standard InChI is InChI=1S/C29H31N3O4/c1-4-5-19-31(27(33)20-36-24-11-7-6-8-12-24)21(2)28-30-26-14-10-9-13-25(26)29(34)32(28)22-15-17-23(35-3)18-16-22/h6-18,21H,4-5,19-20H2,1-3H3. The Morgan fingerprint density at radius 3 is 2.36 bits per heavy atom. The molecule has 1 atom stereocenters. The van der Waals surface area contributed by atoms with Gasteiger partial charge < -0.3 is 14.4 Å². The van der Waals surface area contributed by atoms with E-state index in [0.29, 0.717) is 40.5 Å². The van der Waals surface area contributed by atoms with Crippen LogP contribution in [-0.2, 0) is 4.79 Å². The van der Waals surface area contributed by atoms with Crippen molar-refractivity contribution in [1.29, 1.82) is 0 Å². The van der Waals surface area contributed by atoms with Crippen molar-refractivity contribution >= 4 is 16.8 Å². The first-order chi connectivity index (χ1) is 17.5. The van der Waals surface area contributed by atoms with Crippen molar-refractivity contribution in [1.82, 2.24) is 14.5 Å². The fraction of sp³-hybridized carbons (Fsp3) is 0.276. The summed E-state index contributed by atoms with van der Waals surface area (Å²) in [6.07, 6.45) is 1.74. The summed E-state index contributed by atoms with van der Waals surface area (Å²) in [4.78, 5) is 33.7. The van der Waals surface area contributed by atoms with Crippen LogP contribution in [0.3, 0.4) is 0 Å². The summed E-state index contributed by atoms with van der Waals surface area (Å²) >= 11 is 0. The lowest BCUT2D eigenvalue weighted by molar-refractivity contribution is -0.135. The van der Waals surface area contributed by atoms with Crippen LogP contribution in [0.15, 0.2) is 83.7 Å². The fourth-order valence-electron chi connectivity index (χ4n) is 4.16. The van der Waals surface area contributed by atoms with Gasteiger partial charge in [-0.2, -0.15) is 0 Å². The number of ether oxygens (including phenoxy) is 2. The number of para-hydroxylation sites is 2. The molecule has 36 heavy (non-hydrogen) atoms. The van der Waals surface area contributed by atoms with Gasteiger partial charge in [0.2, 0.25) is 0 Å². The second-order valence-corrected chi connectivity index (χ2v) is 8.54. The van der Waals surface area contributed by atoms with E-state index in [2.05, 4.69) is 6.92 Å². The summed E-state index contributed by atoms with van der Waals surface area (Å²) in [5, 5.41) is 0.517. The van der Waals surface area contributed by atoms with E-state index in [4.69, 9.17) is 14.5 Å². The molecule has 0 bridgehead atoms. The van der Waals surface area contributed by atoms with Crippen LogP contribution in [-0.4, -0.2) is 40.6 Å². The molecule has 0 radical (unpaired) electrons. The number of rotatable bonds is 10. The third-order valence-electron chi connectivity index (χ3n) is 6.15. The number of amides is 1. The number of carbonyl (C=O) groups is 1. The highest BCUT2D eigenvalue weighted by Gasteiger charge is 2.27. The zero-order chi connectivity index (χ0) is 25.5. The summed E-state index contributed by atoms with van der Waals surface area (Å²) in [7, 11) is 1.60. The van der Waals surface area contributed by atoms with Gasteiger partial charge in [0.15, 0.2) is 6.61 Å². The molecule has 3 aromatic carbocycles. The van der Waals surface area contributed by atoms with E-state index in [9.17, 15) is 9.59 Å². The van der Waals surface area contributed by atoms with Gasteiger partial charge >= 0.3 is 0 Å². The Balaban J connectivity index is 1.76. The molecule has 0 spiro atoms. The Kier molecular flexibility index (Phi) is 8.00. The topological polar surface area (TPSA) is 73.7 Å². The van der Waals surface area contributed by atoms with Gasteiger partial charge in [0, 0.05) is 6.54 Å². The molecule has 7 nitrogen and oxygen atoms in total. The van der Waals surface area contributed by atoms with Gasteiger partial charge in [-0.15, -0.1) is 0 Å². The quantitative estimate of drug-likeness (QED) is 0.310. The maximum absolute atomic E-state index is 13.7. The van der Waals surface area contributed by atoms with Crippen molar-refractivity contribution < 1.29 is 14.3 Å². The van der Waals surface area contributed by atoms with Crippen molar-refractivity contribution in [2.75, 3.05) is 20.3 Å². The first kappa shape index (κ1) is 25.0. The van der Waals surface area contributed by atoms with Crippen molar-refractivity contribution in [3.05, 3.63) is 95.0 Å². The smallest absolute Gasteiger partial charge is 0.266 e. The number of hydrogen-bond acceptors (Lipinski definition) is 5. The number of nitrogens with zero attached hydrogens (tertiary/aromatic N) is 3. The van der Waals surface area contributed by atoms with E-state index in [1.165, 1.54) is 0 Å². The SMILES string of the molecule is CCCCN(C(=O)COc1ccccc1)C(C)c1nc2ccccc2c(=O)n1-c1ccc(OC)cc1. The predicted octanol–water partition coefficient (Wildman–Crippen LogP) is 5.16. The zero-order valence-corrected chi connectivity index (χ0v) is 20.9. The highest BCUT2D eigenvalue weighted by molar-refractivity contribution is 5.79. The highest BCUT2D eigenvalue weighted by Crippen LogP contribution is 2.25. The van der Waals surface area contributed by atoms with E-state index in [1.54, 1.807) is 34.8 Å². The van der Waals surface area contributed by atoms with Crippen LogP contribution in [0.1, 0.15) is 38.6 Å². The molecule has 0 saturated carbocycles. The minimum atomic E-state index is -0.470. The van der Waals surface area contributed by atoms with Crippen molar-refractivity contribution in [3.8, 4) is 17.2 Å². The molecule has 4 aromatic rings. The van der Waals surface area contributed by atoms with E-state index in [0.717, 1.165) is 12.8 Å². The average molecular weight is 486 g/mol. The molecule has 0 aliphatic carbocycles. The Morgan fingerprint density at radius 2 is 1.67 bits per heavy atom. The molecule has 1 heterocycles. The molecule has 0 N–H and O–H groups in total. The lowest BCUT2D eigenvalue weighted by Crippen LogP contribution is -2.40. The van der Waals surface area contributed by atoms with E-state index in [-0.39, 0.29) is 18.1 Å². The van der Waals surface area contributed by atoms with Crippen molar-refractivity contribution in [2.45, 2.75) is 32.7 Å². The van der Waals surface area contributed by atoms with Gasteiger partial charge in [0.05, 0.1) is 29.7 Å². The molecule has 0 aliphatic rings. The Labute approximate surface area is 210 Å². The van der Waals surface area contributed by atoms with Gasteiger partial charge in [-0.25, -0.2) is 4.98 Å². The average Bonchev–Trinajstić information content (AvgIpc) is 2.92. The number of aromatic nitrogens is 2. The van der Waals surface area contributed by atoms with Crippen LogP contribution < -0.4 is 15.0 Å². The van der Waals surface area contributed by atoms with Crippen molar-refractivity contribution in [3.63, 3.8) is 0 Å². The Bertz CT molecular complexity index is 1370. The molecule has 186 valence electrons. The fourth-order valence-corrected chi connectivity index (χ4v) is 4.16. The van der Waals surface area contributed by atoms with Gasteiger partial charge in [0.1, 0.15) is 17.3 Å². The predicted molar refractivity (Wildman–Crippen MR) is 141 cm³/mol. The molecular weight excluding hydrogens is 454 g/mol. The van der Waals surface area contributed by atoms with Crippen molar-refractivity contribution in [2.24, 2.45) is 0 Å². The number of unbranched alkanes of at least 4 members (excludes halogenated alkanes) is 1. The first-order valence-electron chi connectivity index (χ1n) is 12.2. The largest absolute Gasteiger partial charge is 0.497 e. The van der Waals surface area contributed by atoms with E-state index in [1.807, 2.05) is 67.6 Å². The van der Waals surface area contributed by atoms with Gasteiger partial charge in [-0.05, 0) is 61.9 Å². The normalized spacial score (nSPS) is 11.8. The number of hydrogen-bond donors (Lipinski definition) is 0. The second-order valence-electron chi connectivity index (χ2n) is 8.54. The molecule has 0 aliphatic heterocycles. The first-order valence-corrected chi connectivity index (χ1v) is 12.2. The van der Waals surface area contributed by atoms with Gasteiger partial charge in [-0.3, -0.25) is 14.2 Å². The monoisotopic (exact) mass is 485 g/mol. The molecule has 1 amide bonds. The van der Waals surface area contributed by atoms with E-state index < -0.39 is 6.04 Å². The van der Waals surface area contributed by atoms with E-state index >= 15 is 0 Å². The maximum atomic E-state index is 13.7. The lowest BCUT2D eigenvalue weighted by Gasteiger charge is -2.30. The third-order valence-corrected chi connectivity index (χ3v) is 6.15. The summed E-state index contributed by atoms with van der Waals surface area (Å²) in [6, 6.07) is 23.3. The van der Waals surface area contributed by atoms with Crippen LogP contribution in [0, 0.1) is 0 Å². The minimum Gasteiger partial charge on any atom is -0.497 e.